The number of aromatic nitrogens is 2. The number of nitrogens with two attached hydrogens (primary N) is 2. The first kappa shape index (κ1) is 20.0. The molecule has 9 nitrogen and oxygen atoms in total. The Hall–Kier alpha value is -3.33. The zero-order valence-corrected chi connectivity index (χ0v) is 17.4. The number of aromatic amines is 1. The van der Waals surface area contributed by atoms with Crippen molar-refractivity contribution in [3.05, 3.63) is 45.4 Å². The molecule has 0 spiro atoms. The Morgan fingerprint density at radius 2 is 2.20 bits per heavy atom. The van der Waals surface area contributed by atoms with Crippen molar-refractivity contribution < 1.29 is 9.15 Å². The van der Waals surface area contributed by atoms with Crippen molar-refractivity contribution in [1.82, 2.24) is 15.1 Å². The van der Waals surface area contributed by atoms with Crippen LogP contribution in [0.2, 0.25) is 0 Å². The molecule has 5 N–H and O–H groups in total. The number of aryl methyl sites for hydroxylation is 1. The van der Waals surface area contributed by atoms with Crippen molar-refractivity contribution >= 4 is 28.2 Å². The fraction of sp³-hybridized carbons (Fsp3) is 0.381. The van der Waals surface area contributed by atoms with Gasteiger partial charge in [-0.05, 0) is 51.6 Å². The first-order valence-corrected chi connectivity index (χ1v) is 9.87. The molecule has 1 unspecified atom stereocenters. The van der Waals surface area contributed by atoms with Gasteiger partial charge in [-0.1, -0.05) is 0 Å². The second kappa shape index (κ2) is 7.83. The molecule has 1 atom stereocenters. The van der Waals surface area contributed by atoms with E-state index in [9.17, 15) is 4.79 Å². The van der Waals surface area contributed by atoms with Gasteiger partial charge in [0.25, 0.3) is 5.56 Å². The van der Waals surface area contributed by atoms with Gasteiger partial charge in [0.15, 0.2) is 11.6 Å². The van der Waals surface area contributed by atoms with Gasteiger partial charge in [0.2, 0.25) is 0 Å². The van der Waals surface area contributed by atoms with Crippen LogP contribution in [0.15, 0.2) is 32.4 Å². The molecule has 4 rings (SSSR count). The normalized spacial score (nSPS) is 18.1. The summed E-state index contributed by atoms with van der Waals surface area (Å²) in [6.45, 7) is 3.77. The van der Waals surface area contributed by atoms with Crippen LogP contribution in [0.5, 0.6) is 5.75 Å². The Balaban J connectivity index is 1.95. The highest BCUT2D eigenvalue weighted by molar-refractivity contribution is 6.18. The fourth-order valence-electron chi connectivity index (χ4n) is 3.94. The van der Waals surface area contributed by atoms with Crippen LogP contribution >= 0.6 is 0 Å². The molecular weight excluding hydrogens is 384 g/mol. The Kier molecular flexibility index (Phi) is 5.21. The predicted molar refractivity (Wildman–Crippen MR) is 117 cm³/mol. The molecule has 0 bridgehead atoms. The van der Waals surface area contributed by atoms with Crippen molar-refractivity contribution in [2.45, 2.75) is 25.8 Å². The van der Waals surface area contributed by atoms with E-state index in [1.807, 2.05) is 25.1 Å². The minimum Gasteiger partial charge on any atom is -0.497 e. The van der Waals surface area contributed by atoms with E-state index in [0.29, 0.717) is 22.6 Å². The molecule has 0 radical (unpaired) electrons. The Morgan fingerprint density at radius 1 is 1.40 bits per heavy atom. The number of anilines is 2. The first-order valence-electron chi connectivity index (χ1n) is 9.87. The van der Waals surface area contributed by atoms with Gasteiger partial charge in [-0.3, -0.25) is 9.79 Å². The minimum atomic E-state index is -0.511. The van der Waals surface area contributed by atoms with Gasteiger partial charge in [-0.15, -0.1) is 0 Å². The molecule has 1 aliphatic rings. The van der Waals surface area contributed by atoms with E-state index in [-0.39, 0.29) is 17.5 Å². The largest absolute Gasteiger partial charge is 0.497 e. The van der Waals surface area contributed by atoms with Gasteiger partial charge in [0.05, 0.1) is 18.7 Å². The van der Waals surface area contributed by atoms with Crippen molar-refractivity contribution in [1.29, 1.82) is 0 Å². The average molecular weight is 410 g/mol. The number of likely N-dealkylation sites (tertiary alicyclic amines) is 1. The van der Waals surface area contributed by atoms with Crippen LogP contribution in [-0.4, -0.2) is 54.1 Å². The highest BCUT2D eigenvalue weighted by Crippen LogP contribution is 2.32. The number of hydrogen-bond donors (Lipinski definition) is 3. The Bertz CT molecular complexity index is 1180. The molecule has 0 amide bonds. The number of rotatable bonds is 4. The number of furan rings is 1. The minimum absolute atomic E-state index is 0.0251. The standard InChI is InChI=1S/C21H26N6O3/c1-11-14-9-13(29-3)6-7-15(14)30-19(11)18(24-12-5-4-8-27(2)10-12)16-17(22)21(28)26-25-20(16)23/h6-7,9,12H,4-5,8,10H2,1-3H3,(H,26,28)(H4,22,23,25). The second-order valence-electron chi connectivity index (χ2n) is 7.68. The molecule has 1 aromatic carbocycles. The van der Waals surface area contributed by atoms with Gasteiger partial charge in [-0.2, -0.15) is 5.10 Å². The monoisotopic (exact) mass is 410 g/mol. The van der Waals surface area contributed by atoms with Gasteiger partial charge in [-0.25, -0.2) is 5.10 Å². The summed E-state index contributed by atoms with van der Waals surface area (Å²) >= 11 is 0. The SMILES string of the molecule is COc1ccc2oc(C(=NC3CCCN(C)C3)c3c(N)n[nH]c(=O)c3N)c(C)c2c1. The number of benzene rings is 1. The van der Waals surface area contributed by atoms with Crippen LogP contribution in [0.4, 0.5) is 11.5 Å². The summed E-state index contributed by atoms with van der Waals surface area (Å²) in [5, 5.41) is 7.12. The molecule has 2 aromatic heterocycles. The van der Waals surface area contributed by atoms with Gasteiger partial charge < -0.3 is 25.5 Å². The van der Waals surface area contributed by atoms with E-state index >= 15 is 0 Å². The first-order chi connectivity index (χ1) is 14.4. The lowest BCUT2D eigenvalue weighted by Crippen LogP contribution is -2.35. The quantitative estimate of drug-likeness (QED) is 0.559. The van der Waals surface area contributed by atoms with Crippen molar-refractivity contribution in [2.24, 2.45) is 4.99 Å². The summed E-state index contributed by atoms with van der Waals surface area (Å²) < 4.78 is 11.5. The van der Waals surface area contributed by atoms with E-state index in [2.05, 4.69) is 22.1 Å². The van der Waals surface area contributed by atoms with Crippen molar-refractivity contribution in [3.63, 3.8) is 0 Å². The number of nitrogen functional groups attached to an aromatic ring is 2. The molecule has 0 aliphatic carbocycles. The van der Waals surface area contributed by atoms with Gasteiger partial charge in [0, 0.05) is 17.5 Å². The van der Waals surface area contributed by atoms with Crippen LogP contribution in [0.3, 0.4) is 0 Å². The summed E-state index contributed by atoms with van der Waals surface area (Å²) in [6.07, 6.45) is 1.96. The topological polar surface area (TPSA) is 136 Å². The number of piperidine rings is 1. The average Bonchev–Trinajstić information content (AvgIpc) is 3.06. The van der Waals surface area contributed by atoms with Crippen LogP contribution < -0.4 is 21.8 Å². The Labute approximate surface area is 173 Å². The summed E-state index contributed by atoms with van der Waals surface area (Å²) in [5.41, 5.74) is 14.0. The van der Waals surface area contributed by atoms with E-state index < -0.39 is 5.56 Å². The number of H-pyrrole nitrogens is 1. The molecule has 30 heavy (non-hydrogen) atoms. The van der Waals surface area contributed by atoms with E-state index in [0.717, 1.165) is 42.6 Å². The lowest BCUT2D eigenvalue weighted by Gasteiger charge is -2.27. The van der Waals surface area contributed by atoms with E-state index in [4.69, 9.17) is 25.6 Å². The lowest BCUT2D eigenvalue weighted by molar-refractivity contribution is 0.253. The highest BCUT2D eigenvalue weighted by Gasteiger charge is 2.26. The zero-order chi connectivity index (χ0) is 21.4. The number of nitrogens with one attached hydrogen (secondary N) is 1. The van der Waals surface area contributed by atoms with E-state index in [1.54, 1.807) is 7.11 Å². The summed E-state index contributed by atoms with van der Waals surface area (Å²) in [7, 11) is 3.69. The third-order valence-electron chi connectivity index (χ3n) is 5.55. The number of ether oxygens (including phenoxy) is 1. The third kappa shape index (κ3) is 3.52. The van der Waals surface area contributed by atoms with Crippen LogP contribution in [0.1, 0.15) is 29.7 Å². The van der Waals surface area contributed by atoms with Crippen molar-refractivity contribution in [3.8, 4) is 5.75 Å². The van der Waals surface area contributed by atoms with Gasteiger partial charge in [0.1, 0.15) is 22.7 Å². The smallest absolute Gasteiger partial charge is 0.288 e. The third-order valence-corrected chi connectivity index (χ3v) is 5.55. The molecule has 3 heterocycles. The maximum atomic E-state index is 12.2. The number of fused-ring (bicyclic) bond motifs is 1. The van der Waals surface area contributed by atoms with Gasteiger partial charge >= 0.3 is 0 Å². The molecule has 1 fully saturated rings. The molecular formula is C21H26N6O3. The highest BCUT2D eigenvalue weighted by atomic mass is 16.5. The zero-order valence-electron chi connectivity index (χ0n) is 17.4. The molecule has 158 valence electrons. The molecule has 1 aliphatic heterocycles. The summed E-state index contributed by atoms with van der Waals surface area (Å²) in [4.78, 5) is 19.4. The van der Waals surface area contributed by atoms with Crippen LogP contribution in [0.25, 0.3) is 11.0 Å². The molecule has 1 saturated heterocycles. The van der Waals surface area contributed by atoms with Crippen molar-refractivity contribution in [2.75, 3.05) is 38.7 Å². The molecule has 9 heteroatoms. The predicted octanol–water partition coefficient (Wildman–Crippen LogP) is 1.93. The number of likely N-dealkylation sites (N-methyl/N-ethyl adjacent to an activating group) is 1. The van der Waals surface area contributed by atoms with Crippen LogP contribution in [-0.2, 0) is 0 Å². The number of hydrogen-bond acceptors (Lipinski definition) is 8. The fourth-order valence-corrected chi connectivity index (χ4v) is 3.94. The Morgan fingerprint density at radius 3 is 2.93 bits per heavy atom. The number of nitrogens with zero attached hydrogens (tertiary/aromatic N) is 3. The maximum absolute atomic E-state index is 12.2. The number of aliphatic imine (C=N–C) groups is 1. The maximum Gasteiger partial charge on any atom is 0.288 e. The lowest BCUT2D eigenvalue weighted by atomic mass is 10.0. The summed E-state index contributed by atoms with van der Waals surface area (Å²) in [5.74, 6) is 1.35. The second-order valence-corrected chi connectivity index (χ2v) is 7.68. The molecule has 0 saturated carbocycles. The summed E-state index contributed by atoms with van der Waals surface area (Å²) in [6, 6.07) is 5.62. The molecule has 3 aromatic rings. The number of methoxy groups -OCH3 is 1. The van der Waals surface area contributed by atoms with Crippen LogP contribution in [0, 0.1) is 6.92 Å². The van der Waals surface area contributed by atoms with E-state index in [1.165, 1.54) is 0 Å².